The highest BCUT2D eigenvalue weighted by Crippen LogP contribution is 2.31. The van der Waals surface area contributed by atoms with Crippen molar-refractivity contribution in [1.29, 1.82) is 0 Å². The molecule has 0 amide bonds. The lowest BCUT2D eigenvalue weighted by molar-refractivity contribution is 0.228. The molecule has 1 atom stereocenters. The van der Waals surface area contributed by atoms with E-state index in [-0.39, 0.29) is 0 Å². The molecule has 0 saturated heterocycles. The maximum absolute atomic E-state index is 9.62. The van der Waals surface area contributed by atoms with Crippen LogP contribution in [0.15, 0.2) is 30.9 Å². The largest absolute Gasteiger partial charge is 0.493 e. The Morgan fingerprint density at radius 3 is 3.15 bits per heavy atom. The highest BCUT2D eigenvalue weighted by atomic mass is 16.5. The van der Waals surface area contributed by atoms with Gasteiger partial charge in [-0.15, -0.1) is 6.58 Å². The van der Waals surface area contributed by atoms with Gasteiger partial charge < -0.3 is 9.84 Å². The molecule has 0 aliphatic carbocycles. The van der Waals surface area contributed by atoms with Crippen molar-refractivity contribution in [1.82, 2.24) is 0 Å². The van der Waals surface area contributed by atoms with Crippen LogP contribution in [0.2, 0.25) is 0 Å². The van der Waals surface area contributed by atoms with Gasteiger partial charge in [0.05, 0.1) is 12.7 Å². The predicted octanol–water partition coefficient (Wildman–Crippen LogP) is 1.84. The number of ether oxygens (including phenoxy) is 1. The molecule has 1 aliphatic heterocycles. The van der Waals surface area contributed by atoms with E-state index in [1.54, 1.807) is 0 Å². The number of aliphatic hydroxyl groups is 1. The summed E-state index contributed by atoms with van der Waals surface area (Å²) >= 11 is 0. The van der Waals surface area contributed by atoms with Gasteiger partial charge in [0.15, 0.2) is 0 Å². The summed E-state index contributed by atoms with van der Waals surface area (Å²) in [6, 6.07) is 5.74. The van der Waals surface area contributed by atoms with Crippen LogP contribution in [0.5, 0.6) is 5.75 Å². The molecule has 0 aromatic heterocycles. The number of hydrogen-bond acceptors (Lipinski definition) is 2. The maximum atomic E-state index is 9.62. The summed E-state index contributed by atoms with van der Waals surface area (Å²) in [6.07, 6.45) is 1.85. The Hall–Kier alpha value is -1.28. The number of aliphatic hydroxyl groups excluding tert-OH is 1. The molecule has 68 valence electrons. The van der Waals surface area contributed by atoms with Gasteiger partial charge in [0, 0.05) is 12.0 Å². The second kappa shape index (κ2) is 3.23. The van der Waals surface area contributed by atoms with E-state index in [0.717, 1.165) is 29.9 Å². The highest BCUT2D eigenvalue weighted by Gasteiger charge is 2.18. The molecular formula is C11H12O2. The Bertz CT molecular complexity index is 331. The number of rotatable bonds is 2. The highest BCUT2D eigenvalue weighted by molar-refractivity contribution is 5.44. The Morgan fingerprint density at radius 1 is 1.54 bits per heavy atom. The van der Waals surface area contributed by atoms with Gasteiger partial charge in [-0.25, -0.2) is 0 Å². The predicted molar refractivity (Wildman–Crippen MR) is 50.8 cm³/mol. The van der Waals surface area contributed by atoms with Gasteiger partial charge in [0.2, 0.25) is 0 Å². The third-order valence-corrected chi connectivity index (χ3v) is 2.32. The van der Waals surface area contributed by atoms with Crippen LogP contribution in [0.4, 0.5) is 0 Å². The van der Waals surface area contributed by atoms with E-state index in [1.807, 2.05) is 18.2 Å². The third kappa shape index (κ3) is 1.33. The van der Waals surface area contributed by atoms with Crippen LogP contribution in [0.1, 0.15) is 17.2 Å². The second-order valence-electron chi connectivity index (χ2n) is 3.10. The van der Waals surface area contributed by atoms with Crippen LogP contribution in [0, 0.1) is 0 Å². The van der Waals surface area contributed by atoms with Crippen molar-refractivity contribution < 1.29 is 9.84 Å². The van der Waals surface area contributed by atoms with Gasteiger partial charge in [0.25, 0.3) is 0 Å². The van der Waals surface area contributed by atoms with E-state index in [4.69, 9.17) is 4.74 Å². The monoisotopic (exact) mass is 176 g/mol. The molecule has 0 saturated carbocycles. The third-order valence-electron chi connectivity index (χ3n) is 2.32. The second-order valence-corrected chi connectivity index (χ2v) is 3.10. The Balaban J connectivity index is 2.46. The van der Waals surface area contributed by atoms with Crippen LogP contribution < -0.4 is 4.74 Å². The van der Waals surface area contributed by atoms with Crippen molar-refractivity contribution in [3.63, 3.8) is 0 Å². The minimum atomic E-state index is -0.573. The number of hydrogen-bond donors (Lipinski definition) is 1. The van der Waals surface area contributed by atoms with Crippen molar-refractivity contribution in [3.8, 4) is 5.75 Å². The summed E-state index contributed by atoms with van der Waals surface area (Å²) in [5.41, 5.74) is 2.04. The fourth-order valence-electron chi connectivity index (χ4n) is 1.65. The quantitative estimate of drug-likeness (QED) is 0.697. The first-order valence-electron chi connectivity index (χ1n) is 4.38. The normalized spacial score (nSPS) is 16.1. The summed E-state index contributed by atoms with van der Waals surface area (Å²) < 4.78 is 5.39. The first-order valence-corrected chi connectivity index (χ1v) is 4.38. The van der Waals surface area contributed by atoms with E-state index >= 15 is 0 Å². The Labute approximate surface area is 77.5 Å². The minimum Gasteiger partial charge on any atom is -0.493 e. The topological polar surface area (TPSA) is 29.5 Å². The minimum absolute atomic E-state index is 0.573. The van der Waals surface area contributed by atoms with Gasteiger partial charge in [-0.05, 0) is 11.6 Å². The van der Waals surface area contributed by atoms with E-state index in [1.165, 1.54) is 6.08 Å². The Kier molecular flexibility index (Phi) is 2.07. The standard InChI is InChI=1S/C11H12O2/c1-2-10(12)8-4-3-5-11-9(8)6-7-13-11/h2-5,10,12H,1,6-7H2. The fourth-order valence-corrected chi connectivity index (χ4v) is 1.65. The van der Waals surface area contributed by atoms with Gasteiger partial charge in [-0.2, -0.15) is 0 Å². The molecule has 2 nitrogen and oxygen atoms in total. The summed E-state index contributed by atoms with van der Waals surface area (Å²) in [4.78, 5) is 0. The van der Waals surface area contributed by atoms with Crippen molar-refractivity contribution in [2.75, 3.05) is 6.61 Å². The van der Waals surface area contributed by atoms with E-state index in [0.29, 0.717) is 0 Å². The van der Waals surface area contributed by atoms with Crippen molar-refractivity contribution >= 4 is 0 Å². The van der Waals surface area contributed by atoms with Crippen LogP contribution in [0.3, 0.4) is 0 Å². The molecule has 0 spiro atoms. The lowest BCUT2D eigenvalue weighted by atomic mass is 10.0. The van der Waals surface area contributed by atoms with Gasteiger partial charge >= 0.3 is 0 Å². The summed E-state index contributed by atoms with van der Waals surface area (Å²) in [6.45, 7) is 4.29. The van der Waals surface area contributed by atoms with Crippen LogP contribution >= 0.6 is 0 Å². The zero-order valence-corrected chi connectivity index (χ0v) is 7.36. The number of fused-ring (bicyclic) bond motifs is 1. The molecule has 13 heavy (non-hydrogen) atoms. The van der Waals surface area contributed by atoms with E-state index in [2.05, 4.69) is 6.58 Å². The molecule has 0 radical (unpaired) electrons. The van der Waals surface area contributed by atoms with Crippen LogP contribution in [-0.2, 0) is 6.42 Å². The molecule has 0 fully saturated rings. The molecule has 1 unspecified atom stereocenters. The smallest absolute Gasteiger partial charge is 0.123 e. The van der Waals surface area contributed by atoms with E-state index < -0.39 is 6.10 Å². The molecular weight excluding hydrogens is 164 g/mol. The van der Waals surface area contributed by atoms with Crippen LogP contribution in [0.25, 0.3) is 0 Å². The summed E-state index contributed by atoms with van der Waals surface area (Å²) in [7, 11) is 0. The average Bonchev–Trinajstić information content (AvgIpc) is 2.63. The average molecular weight is 176 g/mol. The maximum Gasteiger partial charge on any atom is 0.123 e. The molecule has 0 bridgehead atoms. The summed E-state index contributed by atoms with van der Waals surface area (Å²) in [5.74, 6) is 0.901. The Morgan fingerprint density at radius 2 is 2.38 bits per heavy atom. The molecule has 1 N–H and O–H groups in total. The fraction of sp³-hybridized carbons (Fsp3) is 0.273. The molecule has 2 heteroatoms. The first-order chi connectivity index (χ1) is 6.33. The first kappa shape index (κ1) is 8.32. The summed E-state index contributed by atoms with van der Waals surface area (Å²) in [5, 5.41) is 9.62. The van der Waals surface area contributed by atoms with Crippen molar-refractivity contribution in [2.24, 2.45) is 0 Å². The van der Waals surface area contributed by atoms with Crippen molar-refractivity contribution in [3.05, 3.63) is 42.0 Å². The van der Waals surface area contributed by atoms with Crippen LogP contribution in [-0.4, -0.2) is 11.7 Å². The number of benzene rings is 1. The van der Waals surface area contributed by atoms with E-state index in [9.17, 15) is 5.11 Å². The van der Waals surface area contributed by atoms with Gasteiger partial charge in [-0.1, -0.05) is 18.2 Å². The zero-order valence-electron chi connectivity index (χ0n) is 7.36. The SMILES string of the molecule is C=CC(O)c1cccc2c1CCO2. The lowest BCUT2D eigenvalue weighted by Gasteiger charge is -2.09. The zero-order chi connectivity index (χ0) is 9.26. The van der Waals surface area contributed by atoms with Gasteiger partial charge in [0.1, 0.15) is 5.75 Å². The molecule has 1 aromatic carbocycles. The van der Waals surface area contributed by atoms with Gasteiger partial charge in [-0.3, -0.25) is 0 Å². The molecule has 2 rings (SSSR count). The molecule has 1 heterocycles. The lowest BCUT2D eigenvalue weighted by Crippen LogP contribution is -1.96. The molecule has 1 aromatic rings. The molecule has 1 aliphatic rings. The van der Waals surface area contributed by atoms with Crippen molar-refractivity contribution in [2.45, 2.75) is 12.5 Å².